The van der Waals surface area contributed by atoms with E-state index in [1.165, 1.54) is 0 Å². The zero-order valence-electron chi connectivity index (χ0n) is 18.5. The molecule has 0 spiro atoms. The van der Waals surface area contributed by atoms with Crippen LogP contribution in [0, 0.1) is 0 Å². The third-order valence-electron chi connectivity index (χ3n) is 5.39. The van der Waals surface area contributed by atoms with Crippen LogP contribution in [-0.2, 0) is 22.7 Å². The zero-order chi connectivity index (χ0) is 22.2. The zero-order valence-corrected chi connectivity index (χ0v) is 18.5. The second-order valence-electron chi connectivity index (χ2n) is 7.90. The Morgan fingerprint density at radius 3 is 2.58 bits per heavy atom. The van der Waals surface area contributed by atoms with E-state index in [2.05, 4.69) is 5.32 Å². The van der Waals surface area contributed by atoms with Gasteiger partial charge in [-0.25, -0.2) is 0 Å². The molecule has 31 heavy (non-hydrogen) atoms. The average Bonchev–Trinajstić information content (AvgIpc) is 3.24. The first-order valence-corrected chi connectivity index (χ1v) is 10.5. The molecule has 1 atom stereocenters. The van der Waals surface area contributed by atoms with Crippen molar-refractivity contribution in [2.24, 2.45) is 0 Å². The lowest BCUT2D eigenvalue weighted by Gasteiger charge is -2.25. The van der Waals surface area contributed by atoms with Gasteiger partial charge in [0, 0.05) is 20.6 Å². The molecule has 0 radical (unpaired) electrons. The minimum Gasteiger partial charge on any atom is -0.493 e. The van der Waals surface area contributed by atoms with Crippen LogP contribution in [-0.4, -0.2) is 62.0 Å². The quantitative estimate of drug-likeness (QED) is 0.668. The van der Waals surface area contributed by atoms with E-state index in [-0.39, 0.29) is 24.4 Å². The molecule has 166 valence electrons. The van der Waals surface area contributed by atoms with Gasteiger partial charge < -0.3 is 19.7 Å². The van der Waals surface area contributed by atoms with Crippen molar-refractivity contribution < 1.29 is 19.1 Å². The van der Waals surface area contributed by atoms with Gasteiger partial charge in [0.2, 0.25) is 11.8 Å². The van der Waals surface area contributed by atoms with Crippen molar-refractivity contribution in [3.63, 3.8) is 0 Å². The van der Waals surface area contributed by atoms with E-state index in [0.717, 1.165) is 30.5 Å². The lowest BCUT2D eigenvalue weighted by Crippen LogP contribution is -2.46. The molecule has 1 saturated heterocycles. The van der Waals surface area contributed by atoms with E-state index in [0.29, 0.717) is 24.7 Å². The third-order valence-corrected chi connectivity index (χ3v) is 5.39. The van der Waals surface area contributed by atoms with Gasteiger partial charge in [-0.3, -0.25) is 14.5 Å². The number of carbonyl (C=O) groups is 2. The first-order valence-electron chi connectivity index (χ1n) is 10.5. The Kier molecular flexibility index (Phi) is 7.89. The molecule has 0 saturated carbocycles. The monoisotopic (exact) mass is 425 g/mol. The van der Waals surface area contributed by atoms with Gasteiger partial charge in [-0.05, 0) is 42.6 Å². The molecule has 2 aromatic rings. The maximum absolute atomic E-state index is 12.5. The Balaban J connectivity index is 1.52. The molecule has 0 bridgehead atoms. The van der Waals surface area contributed by atoms with E-state index in [4.69, 9.17) is 9.47 Å². The largest absolute Gasteiger partial charge is 0.493 e. The molecule has 2 amide bonds. The Labute approximate surface area is 183 Å². The summed E-state index contributed by atoms with van der Waals surface area (Å²) in [7, 11) is 5.10. The van der Waals surface area contributed by atoms with Crippen molar-refractivity contribution in [1.29, 1.82) is 0 Å². The number of ether oxygens (including phenoxy) is 2. The summed E-state index contributed by atoms with van der Waals surface area (Å²) in [4.78, 5) is 28.3. The van der Waals surface area contributed by atoms with Crippen molar-refractivity contribution in [3.8, 4) is 11.5 Å². The lowest BCUT2D eigenvalue weighted by molar-refractivity contribution is -0.134. The number of nitrogens with one attached hydrogen (secondary N) is 1. The molecular formula is C24H31N3O4. The highest BCUT2D eigenvalue weighted by molar-refractivity contribution is 5.83. The first-order chi connectivity index (χ1) is 15.0. The van der Waals surface area contributed by atoms with E-state index in [1.54, 1.807) is 26.1 Å². The number of benzene rings is 2. The summed E-state index contributed by atoms with van der Waals surface area (Å²) < 4.78 is 11.3. The Bertz CT molecular complexity index is 886. The number of likely N-dealkylation sites (tertiary alicyclic amines) is 1. The van der Waals surface area contributed by atoms with Crippen LogP contribution in [0.2, 0.25) is 0 Å². The number of hydrogen-bond donors (Lipinski definition) is 1. The number of amides is 2. The fourth-order valence-corrected chi connectivity index (χ4v) is 3.71. The van der Waals surface area contributed by atoms with Gasteiger partial charge >= 0.3 is 0 Å². The topological polar surface area (TPSA) is 71.1 Å². The van der Waals surface area contributed by atoms with Crippen molar-refractivity contribution >= 4 is 11.8 Å². The molecule has 1 aliphatic heterocycles. The Morgan fingerprint density at radius 1 is 1.10 bits per heavy atom. The predicted molar refractivity (Wildman–Crippen MR) is 119 cm³/mol. The standard InChI is InChI=1S/C24H31N3O4/c1-26(2)24(29)20-10-7-13-27(20)16-23(28)25-15-19-11-12-21(22(14-19)30-3)31-17-18-8-5-4-6-9-18/h4-6,8-9,11-12,14,20H,7,10,13,15-17H2,1-3H3,(H,25,28)/t20-/m1/s1. The summed E-state index contributed by atoms with van der Waals surface area (Å²) in [5, 5.41) is 2.94. The van der Waals surface area contributed by atoms with Crippen molar-refractivity contribution in [3.05, 3.63) is 59.7 Å². The molecule has 3 rings (SSSR count). The second-order valence-corrected chi connectivity index (χ2v) is 7.90. The fourth-order valence-electron chi connectivity index (χ4n) is 3.71. The molecule has 1 N–H and O–H groups in total. The summed E-state index contributed by atoms with van der Waals surface area (Å²) >= 11 is 0. The fraction of sp³-hybridized carbons (Fsp3) is 0.417. The minimum absolute atomic E-state index is 0.0566. The van der Waals surface area contributed by atoms with Crippen LogP contribution >= 0.6 is 0 Å². The average molecular weight is 426 g/mol. The molecule has 7 heteroatoms. The highest BCUT2D eigenvalue weighted by Crippen LogP contribution is 2.29. The van der Waals surface area contributed by atoms with Crippen LogP contribution in [0.5, 0.6) is 11.5 Å². The normalized spacial score (nSPS) is 16.0. The van der Waals surface area contributed by atoms with Gasteiger partial charge in [0.15, 0.2) is 11.5 Å². The van der Waals surface area contributed by atoms with Gasteiger partial charge in [0.1, 0.15) is 6.61 Å². The van der Waals surface area contributed by atoms with Gasteiger partial charge in [0.25, 0.3) is 0 Å². The summed E-state index contributed by atoms with van der Waals surface area (Å²) in [6.07, 6.45) is 1.73. The summed E-state index contributed by atoms with van der Waals surface area (Å²) in [6, 6.07) is 15.4. The van der Waals surface area contributed by atoms with Gasteiger partial charge in [-0.2, -0.15) is 0 Å². The highest BCUT2D eigenvalue weighted by Gasteiger charge is 2.32. The molecule has 0 unspecified atom stereocenters. The first kappa shape index (κ1) is 22.6. The molecule has 0 aromatic heterocycles. The number of rotatable bonds is 9. The molecule has 1 heterocycles. The number of nitrogens with zero attached hydrogens (tertiary/aromatic N) is 2. The summed E-state index contributed by atoms with van der Waals surface area (Å²) in [5.41, 5.74) is 1.99. The van der Waals surface area contributed by atoms with Gasteiger partial charge in [0.05, 0.1) is 19.7 Å². The van der Waals surface area contributed by atoms with E-state index < -0.39 is 0 Å². The molecule has 1 fully saturated rings. The SMILES string of the molecule is COc1cc(CNC(=O)CN2CCC[C@@H]2C(=O)N(C)C)ccc1OCc1ccccc1. The summed E-state index contributed by atoms with van der Waals surface area (Å²) in [6.45, 7) is 1.82. The smallest absolute Gasteiger partial charge is 0.239 e. The van der Waals surface area contributed by atoms with Crippen molar-refractivity contribution in [2.45, 2.75) is 32.0 Å². The maximum atomic E-state index is 12.5. The molecule has 2 aromatic carbocycles. The molecule has 1 aliphatic rings. The number of carbonyl (C=O) groups excluding carboxylic acids is 2. The van der Waals surface area contributed by atoms with Crippen LogP contribution in [0.25, 0.3) is 0 Å². The number of likely N-dealkylation sites (N-methyl/N-ethyl adjacent to an activating group) is 1. The molecule has 7 nitrogen and oxygen atoms in total. The van der Waals surface area contributed by atoms with Crippen molar-refractivity contribution in [2.75, 3.05) is 34.3 Å². The van der Waals surface area contributed by atoms with Crippen LogP contribution in [0.15, 0.2) is 48.5 Å². The second kappa shape index (κ2) is 10.8. The molecule has 0 aliphatic carbocycles. The third kappa shape index (κ3) is 6.21. The Hall–Kier alpha value is -3.06. The van der Waals surface area contributed by atoms with E-state index in [1.807, 2.05) is 53.4 Å². The highest BCUT2D eigenvalue weighted by atomic mass is 16.5. The van der Waals surface area contributed by atoms with E-state index in [9.17, 15) is 9.59 Å². The predicted octanol–water partition coefficient (Wildman–Crippen LogP) is 2.44. The van der Waals surface area contributed by atoms with Crippen LogP contribution in [0.3, 0.4) is 0 Å². The number of methoxy groups -OCH3 is 1. The van der Waals surface area contributed by atoms with Gasteiger partial charge in [-0.1, -0.05) is 36.4 Å². The van der Waals surface area contributed by atoms with Gasteiger partial charge in [-0.15, -0.1) is 0 Å². The summed E-state index contributed by atoms with van der Waals surface area (Å²) in [5.74, 6) is 1.24. The lowest BCUT2D eigenvalue weighted by atomic mass is 10.2. The maximum Gasteiger partial charge on any atom is 0.239 e. The number of hydrogen-bond acceptors (Lipinski definition) is 5. The van der Waals surface area contributed by atoms with E-state index >= 15 is 0 Å². The van der Waals surface area contributed by atoms with Crippen LogP contribution in [0.1, 0.15) is 24.0 Å². The van der Waals surface area contributed by atoms with Crippen LogP contribution in [0.4, 0.5) is 0 Å². The molecular weight excluding hydrogens is 394 g/mol. The van der Waals surface area contributed by atoms with Crippen molar-refractivity contribution in [1.82, 2.24) is 15.1 Å². The minimum atomic E-state index is -0.207. The Morgan fingerprint density at radius 2 is 1.87 bits per heavy atom. The van der Waals surface area contributed by atoms with Crippen LogP contribution < -0.4 is 14.8 Å².